The van der Waals surface area contributed by atoms with Crippen LogP contribution in [0.3, 0.4) is 0 Å². The van der Waals surface area contributed by atoms with E-state index < -0.39 is 0 Å². The lowest BCUT2D eigenvalue weighted by Gasteiger charge is -2.05. The highest BCUT2D eigenvalue weighted by atomic mass is 16.1. The maximum absolute atomic E-state index is 11.6. The molecule has 0 radical (unpaired) electrons. The van der Waals surface area contributed by atoms with E-state index in [4.69, 9.17) is 5.73 Å². The van der Waals surface area contributed by atoms with Crippen molar-refractivity contribution in [3.05, 3.63) is 29.3 Å². The van der Waals surface area contributed by atoms with Crippen LogP contribution in [-0.4, -0.2) is 25.5 Å². The molecule has 0 fully saturated rings. The lowest BCUT2D eigenvalue weighted by Crippen LogP contribution is -2.28. The summed E-state index contributed by atoms with van der Waals surface area (Å²) >= 11 is 0. The zero-order chi connectivity index (χ0) is 10.7. The molecule has 0 aliphatic carbocycles. The van der Waals surface area contributed by atoms with Crippen molar-refractivity contribution in [3.63, 3.8) is 0 Å². The van der Waals surface area contributed by atoms with Crippen molar-refractivity contribution in [1.82, 2.24) is 5.32 Å². The van der Waals surface area contributed by atoms with Gasteiger partial charge in [0.1, 0.15) is 0 Å². The third-order valence-electron chi connectivity index (χ3n) is 2.51. The monoisotopic (exact) mass is 205 g/mol. The minimum absolute atomic E-state index is 0.0462. The molecule has 15 heavy (non-hydrogen) atoms. The van der Waals surface area contributed by atoms with E-state index in [9.17, 15) is 4.79 Å². The number of hydrogen-bond acceptors (Lipinski definition) is 3. The molecule has 1 aliphatic heterocycles. The smallest absolute Gasteiger partial charge is 0.251 e. The molecule has 1 aromatic rings. The predicted molar refractivity (Wildman–Crippen MR) is 60.0 cm³/mol. The number of hydrogen-bond donors (Lipinski definition) is 3. The Kier molecular flexibility index (Phi) is 2.87. The van der Waals surface area contributed by atoms with Gasteiger partial charge in [-0.05, 0) is 30.2 Å². The molecule has 0 atom stereocenters. The van der Waals surface area contributed by atoms with Crippen molar-refractivity contribution in [3.8, 4) is 0 Å². The van der Waals surface area contributed by atoms with Crippen molar-refractivity contribution in [2.75, 3.05) is 25.0 Å². The van der Waals surface area contributed by atoms with Crippen LogP contribution < -0.4 is 16.4 Å². The zero-order valence-corrected chi connectivity index (χ0v) is 8.55. The van der Waals surface area contributed by atoms with Crippen LogP contribution in [0.5, 0.6) is 0 Å². The Bertz CT molecular complexity index is 376. The Hall–Kier alpha value is -1.55. The van der Waals surface area contributed by atoms with E-state index in [1.165, 1.54) is 5.56 Å². The summed E-state index contributed by atoms with van der Waals surface area (Å²) < 4.78 is 0. The number of carbonyl (C=O) groups excluding carboxylic acids is 1. The van der Waals surface area contributed by atoms with Gasteiger partial charge in [0.05, 0.1) is 0 Å². The molecule has 0 saturated heterocycles. The number of amides is 1. The first-order valence-electron chi connectivity index (χ1n) is 5.16. The van der Waals surface area contributed by atoms with Gasteiger partial charge in [-0.1, -0.05) is 0 Å². The van der Waals surface area contributed by atoms with Gasteiger partial charge >= 0.3 is 0 Å². The Labute approximate surface area is 88.9 Å². The number of fused-ring (bicyclic) bond motifs is 1. The summed E-state index contributed by atoms with van der Waals surface area (Å²) in [5, 5.41) is 6.01. The van der Waals surface area contributed by atoms with Gasteiger partial charge in [-0.15, -0.1) is 0 Å². The number of nitrogens with one attached hydrogen (secondary N) is 2. The van der Waals surface area contributed by atoms with Gasteiger partial charge in [-0.2, -0.15) is 0 Å². The minimum Gasteiger partial charge on any atom is -0.384 e. The van der Waals surface area contributed by atoms with Gasteiger partial charge in [0.15, 0.2) is 0 Å². The summed E-state index contributed by atoms with van der Waals surface area (Å²) in [6, 6.07) is 5.74. The molecule has 1 aliphatic rings. The molecule has 1 amide bonds. The summed E-state index contributed by atoms with van der Waals surface area (Å²) in [5.41, 5.74) is 8.40. The quantitative estimate of drug-likeness (QED) is 0.666. The predicted octanol–water partition coefficient (Wildman–Crippen LogP) is 0.343. The molecule has 1 aromatic carbocycles. The van der Waals surface area contributed by atoms with Crippen molar-refractivity contribution >= 4 is 11.6 Å². The molecular weight excluding hydrogens is 190 g/mol. The van der Waals surface area contributed by atoms with Gasteiger partial charge in [-0.3, -0.25) is 4.79 Å². The van der Waals surface area contributed by atoms with Crippen molar-refractivity contribution in [2.45, 2.75) is 6.42 Å². The molecule has 0 spiro atoms. The molecule has 0 unspecified atom stereocenters. The van der Waals surface area contributed by atoms with Crippen LogP contribution in [0.25, 0.3) is 0 Å². The van der Waals surface area contributed by atoms with E-state index in [2.05, 4.69) is 10.6 Å². The van der Waals surface area contributed by atoms with E-state index in [1.54, 1.807) is 0 Å². The fourth-order valence-electron chi connectivity index (χ4n) is 1.73. The number of rotatable bonds is 3. The fourth-order valence-corrected chi connectivity index (χ4v) is 1.73. The Morgan fingerprint density at radius 1 is 1.53 bits per heavy atom. The average Bonchev–Trinajstić information content (AvgIpc) is 2.72. The third kappa shape index (κ3) is 2.10. The summed E-state index contributed by atoms with van der Waals surface area (Å²) in [4.78, 5) is 11.6. The van der Waals surface area contributed by atoms with Crippen LogP contribution in [0.1, 0.15) is 15.9 Å². The first-order valence-corrected chi connectivity index (χ1v) is 5.16. The molecule has 2 rings (SSSR count). The van der Waals surface area contributed by atoms with Crippen LogP contribution in [0.15, 0.2) is 18.2 Å². The molecule has 4 N–H and O–H groups in total. The first-order chi connectivity index (χ1) is 7.31. The Morgan fingerprint density at radius 2 is 2.40 bits per heavy atom. The minimum atomic E-state index is -0.0462. The standard InChI is InChI=1S/C11H15N3O/c12-4-6-14-11(15)9-1-2-10-8(7-9)3-5-13-10/h1-2,7,13H,3-6,12H2,(H,14,15). The highest BCUT2D eigenvalue weighted by molar-refractivity contribution is 5.95. The lowest BCUT2D eigenvalue weighted by molar-refractivity contribution is 0.0954. The fraction of sp³-hybridized carbons (Fsp3) is 0.364. The van der Waals surface area contributed by atoms with Gasteiger partial charge in [-0.25, -0.2) is 0 Å². The normalized spacial score (nSPS) is 13.1. The number of anilines is 1. The Balaban J connectivity index is 2.12. The van der Waals surface area contributed by atoms with Crippen molar-refractivity contribution in [2.24, 2.45) is 5.73 Å². The van der Waals surface area contributed by atoms with Gasteiger partial charge in [0.25, 0.3) is 5.91 Å². The lowest BCUT2D eigenvalue weighted by atomic mass is 10.1. The number of carbonyl (C=O) groups is 1. The maximum atomic E-state index is 11.6. The number of benzene rings is 1. The SMILES string of the molecule is NCCNC(=O)c1ccc2c(c1)CCN2. The highest BCUT2D eigenvalue weighted by Gasteiger charge is 2.12. The summed E-state index contributed by atoms with van der Waals surface area (Å²) in [6.07, 6.45) is 0.993. The summed E-state index contributed by atoms with van der Waals surface area (Å²) in [6.45, 7) is 1.95. The zero-order valence-electron chi connectivity index (χ0n) is 8.55. The van der Waals surface area contributed by atoms with E-state index in [1.807, 2.05) is 18.2 Å². The van der Waals surface area contributed by atoms with Crippen LogP contribution in [0.4, 0.5) is 5.69 Å². The molecule has 0 bridgehead atoms. The van der Waals surface area contributed by atoms with E-state index in [0.29, 0.717) is 18.7 Å². The summed E-state index contributed by atoms with van der Waals surface area (Å²) in [5.74, 6) is -0.0462. The second kappa shape index (κ2) is 4.31. The number of nitrogens with two attached hydrogens (primary N) is 1. The first kappa shape index (κ1) is 9.98. The highest BCUT2D eigenvalue weighted by Crippen LogP contribution is 2.22. The van der Waals surface area contributed by atoms with Crippen LogP contribution in [0.2, 0.25) is 0 Å². The maximum Gasteiger partial charge on any atom is 0.251 e. The second-order valence-electron chi connectivity index (χ2n) is 3.59. The third-order valence-corrected chi connectivity index (χ3v) is 2.51. The molecule has 1 heterocycles. The topological polar surface area (TPSA) is 67.1 Å². The Morgan fingerprint density at radius 3 is 3.20 bits per heavy atom. The van der Waals surface area contributed by atoms with Crippen molar-refractivity contribution in [1.29, 1.82) is 0 Å². The van der Waals surface area contributed by atoms with Crippen LogP contribution in [-0.2, 0) is 6.42 Å². The van der Waals surface area contributed by atoms with Gasteiger partial charge < -0.3 is 16.4 Å². The molecule has 0 saturated carbocycles. The van der Waals surface area contributed by atoms with Gasteiger partial charge in [0.2, 0.25) is 0 Å². The van der Waals surface area contributed by atoms with E-state index in [-0.39, 0.29) is 5.91 Å². The van der Waals surface area contributed by atoms with Gasteiger partial charge in [0, 0.05) is 30.9 Å². The molecular formula is C11H15N3O. The van der Waals surface area contributed by atoms with Crippen LogP contribution in [0, 0.1) is 0 Å². The average molecular weight is 205 g/mol. The van der Waals surface area contributed by atoms with E-state index >= 15 is 0 Å². The molecule has 4 nitrogen and oxygen atoms in total. The van der Waals surface area contributed by atoms with E-state index in [0.717, 1.165) is 18.7 Å². The summed E-state index contributed by atoms with van der Waals surface area (Å²) in [7, 11) is 0. The second-order valence-corrected chi connectivity index (χ2v) is 3.59. The molecule has 0 aromatic heterocycles. The molecule has 4 heteroatoms. The largest absolute Gasteiger partial charge is 0.384 e. The van der Waals surface area contributed by atoms with Crippen molar-refractivity contribution < 1.29 is 4.79 Å². The van der Waals surface area contributed by atoms with Crippen LogP contribution >= 0.6 is 0 Å². The molecule has 80 valence electrons.